The maximum Gasteiger partial charge on any atom is 0.306 e. The van der Waals surface area contributed by atoms with Crippen molar-refractivity contribution in [3.05, 3.63) is 0 Å². The van der Waals surface area contributed by atoms with Gasteiger partial charge in [-0.05, 0) is 84.9 Å². The predicted octanol–water partition coefficient (Wildman–Crippen LogP) is 3.65. The molecule has 0 aliphatic heterocycles. The van der Waals surface area contributed by atoms with Gasteiger partial charge >= 0.3 is 5.97 Å². The normalized spacial score (nSPS) is 61.1. The van der Waals surface area contributed by atoms with Gasteiger partial charge in [0.1, 0.15) is 0 Å². The van der Waals surface area contributed by atoms with Crippen LogP contribution in [0.2, 0.25) is 0 Å². The SMILES string of the molecule is COC(=O)CC12CC3CC4C5CC(C)(CC41)CC2C5C3. The Morgan fingerprint density at radius 1 is 1.05 bits per heavy atom. The van der Waals surface area contributed by atoms with Crippen LogP contribution in [-0.4, -0.2) is 13.1 Å². The Hall–Kier alpha value is -0.530. The molecule has 2 nitrogen and oxygen atoms in total. The molecule has 7 rings (SSSR count). The molecule has 4 unspecified atom stereocenters. The monoisotopic (exact) mass is 274 g/mol. The highest BCUT2D eigenvalue weighted by molar-refractivity contribution is 5.70. The van der Waals surface area contributed by atoms with Crippen molar-refractivity contribution in [1.82, 2.24) is 0 Å². The van der Waals surface area contributed by atoms with Crippen LogP contribution < -0.4 is 0 Å². The zero-order valence-electron chi connectivity index (χ0n) is 12.7. The van der Waals surface area contributed by atoms with Crippen molar-refractivity contribution in [2.45, 2.75) is 51.9 Å². The summed E-state index contributed by atoms with van der Waals surface area (Å²) in [6, 6.07) is 0. The highest BCUT2D eigenvalue weighted by atomic mass is 16.5. The number of hydrogen-bond acceptors (Lipinski definition) is 2. The number of methoxy groups -OCH3 is 1. The minimum absolute atomic E-state index is 0.0580. The van der Waals surface area contributed by atoms with E-state index >= 15 is 0 Å². The highest BCUT2D eigenvalue weighted by Crippen LogP contribution is 2.79. The van der Waals surface area contributed by atoms with Crippen LogP contribution in [0.4, 0.5) is 0 Å². The minimum Gasteiger partial charge on any atom is -0.469 e. The van der Waals surface area contributed by atoms with Crippen LogP contribution in [0, 0.1) is 46.3 Å². The standard InChI is InChI=1S/C18H26O2/c1-17-6-13-11-3-10-4-12(13)15(8-17)18(5-10,14(11)7-17)9-16(19)20-2/h10-15H,3-9H2,1-2H3. The van der Waals surface area contributed by atoms with Crippen molar-refractivity contribution in [3.8, 4) is 0 Å². The molecule has 0 aromatic carbocycles. The molecule has 0 N–H and O–H groups in total. The van der Waals surface area contributed by atoms with Crippen LogP contribution in [0.3, 0.4) is 0 Å². The van der Waals surface area contributed by atoms with Crippen LogP contribution in [0.5, 0.6) is 0 Å². The van der Waals surface area contributed by atoms with Crippen LogP contribution in [0.15, 0.2) is 0 Å². The van der Waals surface area contributed by atoms with Gasteiger partial charge in [-0.15, -0.1) is 0 Å². The molecule has 7 aliphatic rings. The van der Waals surface area contributed by atoms with Gasteiger partial charge in [-0.3, -0.25) is 4.79 Å². The lowest BCUT2D eigenvalue weighted by molar-refractivity contribution is -0.278. The molecule has 0 heterocycles. The highest BCUT2D eigenvalue weighted by Gasteiger charge is 2.72. The number of hydrogen-bond donors (Lipinski definition) is 0. The fourth-order valence-electron chi connectivity index (χ4n) is 8.16. The molecule has 0 radical (unpaired) electrons. The Bertz CT molecular complexity index is 458. The van der Waals surface area contributed by atoms with Crippen molar-refractivity contribution in [2.24, 2.45) is 46.3 Å². The van der Waals surface area contributed by atoms with E-state index in [0.29, 0.717) is 10.8 Å². The van der Waals surface area contributed by atoms with Crippen LogP contribution in [0.1, 0.15) is 51.9 Å². The topological polar surface area (TPSA) is 26.3 Å². The van der Waals surface area contributed by atoms with Crippen LogP contribution in [0.25, 0.3) is 0 Å². The minimum atomic E-state index is 0.0580. The summed E-state index contributed by atoms with van der Waals surface area (Å²) in [4.78, 5) is 12.1. The van der Waals surface area contributed by atoms with Gasteiger partial charge in [-0.25, -0.2) is 0 Å². The lowest BCUT2D eigenvalue weighted by atomic mass is 9.28. The molecule has 2 heteroatoms. The van der Waals surface area contributed by atoms with Crippen molar-refractivity contribution >= 4 is 5.97 Å². The van der Waals surface area contributed by atoms with E-state index in [-0.39, 0.29) is 5.97 Å². The maximum absolute atomic E-state index is 12.1. The van der Waals surface area contributed by atoms with E-state index in [4.69, 9.17) is 4.74 Å². The molecule has 0 saturated heterocycles. The van der Waals surface area contributed by atoms with E-state index in [1.807, 2.05) is 0 Å². The third kappa shape index (κ3) is 1.21. The van der Waals surface area contributed by atoms with Crippen molar-refractivity contribution in [1.29, 1.82) is 0 Å². The van der Waals surface area contributed by atoms with Crippen molar-refractivity contribution in [3.63, 3.8) is 0 Å². The van der Waals surface area contributed by atoms with E-state index in [0.717, 1.165) is 41.9 Å². The van der Waals surface area contributed by atoms with Crippen molar-refractivity contribution < 1.29 is 9.53 Å². The lowest BCUT2D eigenvalue weighted by Gasteiger charge is -2.76. The van der Waals surface area contributed by atoms with Gasteiger partial charge in [0.25, 0.3) is 0 Å². The van der Waals surface area contributed by atoms with Gasteiger partial charge in [0.2, 0.25) is 0 Å². The first-order valence-electron chi connectivity index (χ1n) is 8.61. The Morgan fingerprint density at radius 2 is 1.70 bits per heavy atom. The average molecular weight is 274 g/mol. The maximum atomic E-state index is 12.1. The fraction of sp³-hybridized carbons (Fsp3) is 0.944. The third-order valence-electron chi connectivity index (χ3n) is 8.35. The van der Waals surface area contributed by atoms with Crippen LogP contribution >= 0.6 is 0 Å². The number of carbonyl (C=O) groups excluding carboxylic acids is 1. The van der Waals surface area contributed by atoms with Gasteiger partial charge in [0.15, 0.2) is 0 Å². The number of ether oxygens (including phenoxy) is 1. The second-order valence-electron chi connectivity index (χ2n) is 9.16. The molecular formula is C18H26O2. The van der Waals surface area contributed by atoms with Gasteiger partial charge in [0.05, 0.1) is 13.5 Å². The summed E-state index contributed by atoms with van der Waals surface area (Å²) >= 11 is 0. The Kier molecular flexibility index (Phi) is 2.08. The Morgan fingerprint density at radius 3 is 2.30 bits per heavy atom. The summed E-state index contributed by atoms with van der Waals surface area (Å²) in [5.74, 6) is 5.61. The Balaban J connectivity index is 1.61. The molecule has 8 bridgehead atoms. The summed E-state index contributed by atoms with van der Waals surface area (Å²) < 4.78 is 5.08. The molecule has 0 aromatic heterocycles. The van der Waals surface area contributed by atoms with Gasteiger partial charge in [0, 0.05) is 0 Å². The first kappa shape index (κ1) is 12.1. The predicted molar refractivity (Wildman–Crippen MR) is 75.8 cm³/mol. The summed E-state index contributed by atoms with van der Waals surface area (Å²) in [5, 5.41) is 0. The molecule has 0 aromatic rings. The first-order chi connectivity index (χ1) is 9.55. The van der Waals surface area contributed by atoms with E-state index in [2.05, 4.69) is 6.92 Å². The molecule has 7 saturated carbocycles. The van der Waals surface area contributed by atoms with E-state index in [1.165, 1.54) is 38.5 Å². The summed E-state index contributed by atoms with van der Waals surface area (Å²) in [5.41, 5.74) is 0.955. The van der Waals surface area contributed by atoms with Crippen molar-refractivity contribution in [2.75, 3.05) is 7.11 Å². The largest absolute Gasteiger partial charge is 0.469 e. The number of esters is 1. The second-order valence-corrected chi connectivity index (χ2v) is 9.16. The molecule has 0 spiro atoms. The molecule has 7 fully saturated rings. The van der Waals surface area contributed by atoms with E-state index < -0.39 is 0 Å². The second kappa shape index (κ2) is 3.44. The number of carbonyl (C=O) groups is 1. The smallest absolute Gasteiger partial charge is 0.306 e. The summed E-state index contributed by atoms with van der Waals surface area (Å²) in [7, 11) is 1.57. The summed E-state index contributed by atoms with van der Waals surface area (Å²) in [6.45, 7) is 2.54. The van der Waals surface area contributed by atoms with E-state index in [1.54, 1.807) is 7.11 Å². The molecule has 20 heavy (non-hydrogen) atoms. The average Bonchev–Trinajstić information content (AvgIpc) is 2.43. The zero-order valence-corrected chi connectivity index (χ0v) is 12.7. The van der Waals surface area contributed by atoms with Crippen LogP contribution in [-0.2, 0) is 9.53 Å². The van der Waals surface area contributed by atoms with Gasteiger partial charge < -0.3 is 4.74 Å². The van der Waals surface area contributed by atoms with Gasteiger partial charge in [-0.1, -0.05) is 6.92 Å². The Labute approximate surface area is 121 Å². The molecular weight excluding hydrogens is 248 g/mol. The molecule has 0 amide bonds. The molecule has 4 atom stereocenters. The quantitative estimate of drug-likeness (QED) is 0.718. The first-order valence-corrected chi connectivity index (χ1v) is 8.61. The molecule has 7 aliphatic carbocycles. The molecule has 110 valence electrons. The number of rotatable bonds is 2. The third-order valence-corrected chi connectivity index (χ3v) is 8.35. The fourth-order valence-corrected chi connectivity index (χ4v) is 8.16. The zero-order chi connectivity index (χ0) is 13.7. The summed E-state index contributed by atoms with van der Waals surface area (Å²) in [6.07, 6.45) is 9.34. The van der Waals surface area contributed by atoms with Gasteiger partial charge in [-0.2, -0.15) is 0 Å². The lowest BCUT2D eigenvalue weighted by Crippen LogP contribution is -2.69. The van der Waals surface area contributed by atoms with E-state index in [9.17, 15) is 4.79 Å².